The lowest BCUT2D eigenvalue weighted by atomic mass is 9.86. The van der Waals surface area contributed by atoms with Gasteiger partial charge in [0.1, 0.15) is 0 Å². The number of ether oxygens (including phenoxy) is 1. The van der Waals surface area contributed by atoms with E-state index >= 15 is 0 Å². The average molecular weight is 494 g/mol. The Bertz CT molecular complexity index is 1320. The summed E-state index contributed by atoms with van der Waals surface area (Å²) in [6.07, 6.45) is -1.03. The highest BCUT2D eigenvalue weighted by molar-refractivity contribution is 7.92. The summed E-state index contributed by atoms with van der Waals surface area (Å²) in [6.45, 7) is 9.67. The molecule has 0 N–H and O–H groups in total. The lowest BCUT2D eigenvalue weighted by molar-refractivity contribution is 0.0318. The molecule has 0 aromatic heterocycles. The zero-order valence-electron chi connectivity index (χ0n) is 20.9. The van der Waals surface area contributed by atoms with Crippen molar-refractivity contribution in [1.82, 2.24) is 0 Å². The van der Waals surface area contributed by atoms with Gasteiger partial charge in [-0.1, -0.05) is 68.8 Å². The molecule has 0 heterocycles. The molecule has 3 aromatic rings. The average Bonchev–Trinajstić information content (AvgIpc) is 2.83. The van der Waals surface area contributed by atoms with Gasteiger partial charge in [-0.15, -0.1) is 0 Å². The van der Waals surface area contributed by atoms with Crippen molar-refractivity contribution in [2.45, 2.75) is 51.0 Å². The Kier molecular flexibility index (Phi) is 7.50. The number of esters is 1. The Morgan fingerprint density at radius 1 is 0.886 bits per heavy atom. The zero-order valence-corrected chi connectivity index (χ0v) is 21.7. The summed E-state index contributed by atoms with van der Waals surface area (Å²) in [4.78, 5) is 25.5. The van der Waals surface area contributed by atoms with Gasteiger partial charge in [0.05, 0.1) is 16.1 Å². The predicted octanol–water partition coefficient (Wildman–Crippen LogP) is 5.55. The van der Waals surface area contributed by atoms with Crippen LogP contribution in [0.15, 0.2) is 77.7 Å². The first-order valence-corrected chi connectivity index (χ1v) is 12.8. The molecule has 0 fully saturated rings. The third kappa shape index (κ3) is 5.98. The summed E-state index contributed by atoms with van der Waals surface area (Å²) in [5.41, 5.74) is 3.05. The lowest BCUT2D eigenvalue weighted by Crippen LogP contribution is -2.27. The fraction of sp³-hybridized carbons (Fsp3) is 0.286. The van der Waals surface area contributed by atoms with Crippen molar-refractivity contribution in [2.75, 3.05) is 11.4 Å². The van der Waals surface area contributed by atoms with E-state index in [0.29, 0.717) is 11.3 Å². The summed E-state index contributed by atoms with van der Waals surface area (Å²) in [5, 5.41) is 0. The SMILES string of the molecule is Cc1ccc(N(C)S(=O)(=O)c2cccc(C(=O)O[C@@H](C)C(=O)c3ccc(C(C)(C)C)cc3)c2)cc1. The molecule has 0 aliphatic heterocycles. The van der Waals surface area contributed by atoms with Gasteiger partial charge in [0.2, 0.25) is 5.78 Å². The zero-order chi connectivity index (χ0) is 26.0. The molecular weight excluding hydrogens is 462 g/mol. The molecule has 35 heavy (non-hydrogen) atoms. The van der Waals surface area contributed by atoms with E-state index in [9.17, 15) is 18.0 Å². The van der Waals surface area contributed by atoms with Crippen molar-refractivity contribution in [1.29, 1.82) is 0 Å². The van der Waals surface area contributed by atoms with E-state index in [1.165, 1.54) is 38.2 Å². The van der Waals surface area contributed by atoms with Crippen LogP contribution >= 0.6 is 0 Å². The smallest absolute Gasteiger partial charge is 0.338 e. The summed E-state index contributed by atoms with van der Waals surface area (Å²) < 4.78 is 32.8. The van der Waals surface area contributed by atoms with E-state index < -0.39 is 22.1 Å². The van der Waals surface area contributed by atoms with E-state index in [0.717, 1.165) is 15.4 Å². The van der Waals surface area contributed by atoms with Crippen LogP contribution in [0, 0.1) is 6.92 Å². The molecule has 184 valence electrons. The molecule has 0 saturated heterocycles. The monoisotopic (exact) mass is 493 g/mol. The highest BCUT2D eigenvalue weighted by Gasteiger charge is 2.25. The topological polar surface area (TPSA) is 80.8 Å². The minimum atomic E-state index is -3.91. The summed E-state index contributed by atoms with van der Waals surface area (Å²) in [5.74, 6) is -1.10. The first kappa shape index (κ1) is 26.2. The summed E-state index contributed by atoms with van der Waals surface area (Å²) >= 11 is 0. The molecule has 0 bridgehead atoms. The van der Waals surface area contributed by atoms with Crippen LogP contribution < -0.4 is 4.31 Å². The Morgan fingerprint density at radius 3 is 2.06 bits per heavy atom. The van der Waals surface area contributed by atoms with Crippen molar-refractivity contribution in [3.8, 4) is 0 Å². The highest BCUT2D eigenvalue weighted by atomic mass is 32.2. The number of nitrogens with zero attached hydrogens (tertiary/aromatic N) is 1. The van der Waals surface area contributed by atoms with Crippen LogP contribution in [0.5, 0.6) is 0 Å². The molecule has 1 atom stereocenters. The van der Waals surface area contributed by atoms with Crippen LogP contribution in [-0.4, -0.2) is 33.3 Å². The normalized spacial score (nSPS) is 12.6. The van der Waals surface area contributed by atoms with E-state index in [1.54, 1.807) is 24.3 Å². The number of carbonyl (C=O) groups excluding carboxylic acids is 2. The molecule has 0 spiro atoms. The van der Waals surface area contributed by atoms with E-state index in [4.69, 9.17) is 4.74 Å². The van der Waals surface area contributed by atoms with Gasteiger partial charge in [0.15, 0.2) is 6.10 Å². The molecule has 0 aliphatic rings. The van der Waals surface area contributed by atoms with Gasteiger partial charge in [-0.3, -0.25) is 9.10 Å². The van der Waals surface area contributed by atoms with Crippen LogP contribution in [0.4, 0.5) is 5.69 Å². The maximum Gasteiger partial charge on any atom is 0.338 e. The van der Waals surface area contributed by atoms with Crippen molar-refractivity contribution in [3.63, 3.8) is 0 Å². The molecule has 0 amide bonds. The molecule has 0 saturated carbocycles. The van der Waals surface area contributed by atoms with Gasteiger partial charge < -0.3 is 4.74 Å². The van der Waals surface area contributed by atoms with Crippen LogP contribution in [0.3, 0.4) is 0 Å². The molecule has 0 unspecified atom stereocenters. The molecule has 6 nitrogen and oxygen atoms in total. The standard InChI is InChI=1S/C28H31NO5S/c1-19-10-16-24(17-11-19)29(6)35(32,33)25-9-7-8-22(18-25)27(31)34-20(2)26(30)21-12-14-23(15-13-21)28(3,4)5/h7-18,20H,1-6H3/t20-/m0/s1. The number of Topliss-reactive ketones (excluding diaryl/α,β-unsaturated/α-hetero) is 1. The lowest BCUT2D eigenvalue weighted by Gasteiger charge is -2.20. The Labute approximate surface area is 207 Å². The Hall–Kier alpha value is -3.45. The fourth-order valence-corrected chi connectivity index (χ4v) is 4.73. The second-order valence-corrected chi connectivity index (χ2v) is 11.5. The number of aryl methyl sites for hydroxylation is 1. The second-order valence-electron chi connectivity index (χ2n) is 9.58. The number of carbonyl (C=O) groups is 2. The Balaban J connectivity index is 1.76. The van der Waals surface area contributed by atoms with E-state index in [2.05, 4.69) is 20.8 Å². The number of benzene rings is 3. The summed E-state index contributed by atoms with van der Waals surface area (Å²) in [6, 6.07) is 19.9. The van der Waals surface area contributed by atoms with E-state index in [-0.39, 0.29) is 21.7 Å². The largest absolute Gasteiger partial charge is 0.451 e. The van der Waals surface area contributed by atoms with Gasteiger partial charge >= 0.3 is 5.97 Å². The van der Waals surface area contributed by atoms with Crippen molar-refractivity contribution in [2.24, 2.45) is 0 Å². The highest BCUT2D eigenvalue weighted by Crippen LogP contribution is 2.24. The first-order valence-electron chi connectivity index (χ1n) is 11.3. The first-order chi connectivity index (χ1) is 16.3. The number of rotatable bonds is 7. The van der Waals surface area contributed by atoms with Crippen LogP contribution in [0.25, 0.3) is 0 Å². The maximum absolute atomic E-state index is 13.1. The molecule has 3 aromatic carbocycles. The van der Waals surface area contributed by atoms with Crippen molar-refractivity contribution >= 4 is 27.5 Å². The van der Waals surface area contributed by atoms with Crippen LogP contribution in [-0.2, 0) is 20.2 Å². The number of anilines is 1. The van der Waals surface area contributed by atoms with Gasteiger partial charge in [0.25, 0.3) is 10.0 Å². The number of sulfonamides is 1. The predicted molar refractivity (Wildman–Crippen MR) is 138 cm³/mol. The second kappa shape index (κ2) is 10.0. The third-order valence-electron chi connectivity index (χ3n) is 5.81. The van der Waals surface area contributed by atoms with Gasteiger partial charge in [-0.05, 0) is 55.2 Å². The molecule has 0 aliphatic carbocycles. The van der Waals surface area contributed by atoms with Crippen LogP contribution in [0.1, 0.15) is 59.5 Å². The fourth-order valence-electron chi connectivity index (χ4n) is 3.49. The maximum atomic E-state index is 13.1. The van der Waals surface area contributed by atoms with Crippen molar-refractivity contribution < 1.29 is 22.7 Å². The molecular formula is C28H31NO5S. The third-order valence-corrected chi connectivity index (χ3v) is 7.60. The minimum absolute atomic E-state index is 0.0431. The molecule has 7 heteroatoms. The van der Waals surface area contributed by atoms with Gasteiger partial charge in [-0.2, -0.15) is 0 Å². The molecule has 0 radical (unpaired) electrons. The van der Waals surface area contributed by atoms with E-state index in [1.807, 2.05) is 31.2 Å². The molecule has 3 rings (SSSR count). The number of ketones is 1. The van der Waals surface area contributed by atoms with Crippen LogP contribution in [0.2, 0.25) is 0 Å². The quantitative estimate of drug-likeness (QED) is 0.319. The summed E-state index contributed by atoms with van der Waals surface area (Å²) in [7, 11) is -2.45. The minimum Gasteiger partial charge on any atom is -0.451 e. The van der Waals surface area contributed by atoms with Crippen molar-refractivity contribution in [3.05, 3.63) is 95.1 Å². The van der Waals surface area contributed by atoms with Gasteiger partial charge in [0, 0.05) is 12.6 Å². The number of hydrogen-bond acceptors (Lipinski definition) is 5. The Morgan fingerprint density at radius 2 is 1.49 bits per heavy atom. The number of hydrogen-bond donors (Lipinski definition) is 0. The van der Waals surface area contributed by atoms with Gasteiger partial charge in [-0.25, -0.2) is 13.2 Å².